The van der Waals surface area contributed by atoms with Crippen molar-refractivity contribution in [2.24, 2.45) is 4.99 Å². The molecule has 0 heterocycles. The molecule has 0 aromatic heterocycles. The van der Waals surface area contributed by atoms with Gasteiger partial charge in [-0.15, -0.1) is 0 Å². The van der Waals surface area contributed by atoms with Gasteiger partial charge in [-0.2, -0.15) is 0 Å². The molecule has 0 unspecified atom stereocenters. The van der Waals surface area contributed by atoms with Gasteiger partial charge in [0.05, 0.1) is 13.2 Å². The lowest BCUT2D eigenvalue weighted by Gasteiger charge is -2.22. The summed E-state index contributed by atoms with van der Waals surface area (Å²) in [5, 5.41) is 3.34. The van der Waals surface area contributed by atoms with Crippen molar-refractivity contribution >= 4 is 5.96 Å². The summed E-state index contributed by atoms with van der Waals surface area (Å²) in [5.41, 5.74) is 0. The van der Waals surface area contributed by atoms with Gasteiger partial charge >= 0.3 is 0 Å². The van der Waals surface area contributed by atoms with Gasteiger partial charge in [-0.25, -0.2) is 0 Å². The molecule has 0 saturated heterocycles. The summed E-state index contributed by atoms with van der Waals surface area (Å²) >= 11 is 0. The maximum absolute atomic E-state index is 5.06. The summed E-state index contributed by atoms with van der Waals surface area (Å²) in [5.74, 6) is 1.01. The first-order valence-electron chi connectivity index (χ1n) is 7.32. The van der Waals surface area contributed by atoms with E-state index in [4.69, 9.17) is 4.74 Å². The zero-order chi connectivity index (χ0) is 14.5. The normalized spacial score (nSPS) is 12.0. The molecule has 0 radical (unpaired) electrons. The van der Waals surface area contributed by atoms with Crippen molar-refractivity contribution in [3.05, 3.63) is 0 Å². The predicted molar refractivity (Wildman–Crippen MR) is 82.9 cm³/mol. The Bertz CT molecular complexity index is 233. The van der Waals surface area contributed by atoms with E-state index in [1.54, 1.807) is 7.11 Å². The molecule has 0 amide bonds. The second-order valence-electron chi connectivity index (χ2n) is 4.81. The molecule has 5 heteroatoms. The zero-order valence-electron chi connectivity index (χ0n) is 13.4. The minimum atomic E-state index is 0.774. The van der Waals surface area contributed by atoms with Crippen LogP contribution in [0.5, 0.6) is 0 Å². The standard InChI is InChI=1S/C14H32N4O/c1-6-8-10-18(4)14(15-7-2)16-9-11-17(3)12-13-19-5/h6-13H2,1-5H3,(H,15,16). The molecule has 0 atom stereocenters. The first-order chi connectivity index (χ1) is 9.15. The van der Waals surface area contributed by atoms with E-state index in [1.165, 1.54) is 12.8 Å². The highest BCUT2D eigenvalue weighted by Crippen LogP contribution is 1.93. The average molecular weight is 272 g/mol. The van der Waals surface area contributed by atoms with E-state index >= 15 is 0 Å². The SMILES string of the molecule is CCCCN(C)C(=NCCN(C)CCOC)NCC. The minimum Gasteiger partial charge on any atom is -0.383 e. The van der Waals surface area contributed by atoms with E-state index in [-0.39, 0.29) is 0 Å². The molecule has 0 saturated carbocycles. The molecule has 1 N–H and O–H groups in total. The number of nitrogens with one attached hydrogen (secondary N) is 1. The van der Waals surface area contributed by atoms with E-state index in [1.807, 2.05) is 0 Å². The average Bonchev–Trinajstić information content (AvgIpc) is 2.41. The number of ether oxygens (including phenoxy) is 1. The number of rotatable bonds is 10. The second-order valence-corrected chi connectivity index (χ2v) is 4.81. The fourth-order valence-corrected chi connectivity index (χ4v) is 1.66. The fourth-order valence-electron chi connectivity index (χ4n) is 1.66. The van der Waals surface area contributed by atoms with Crippen molar-refractivity contribution in [2.75, 3.05) is 60.5 Å². The lowest BCUT2D eigenvalue weighted by molar-refractivity contribution is 0.163. The lowest BCUT2D eigenvalue weighted by Crippen LogP contribution is -2.40. The van der Waals surface area contributed by atoms with E-state index in [9.17, 15) is 0 Å². The number of nitrogens with zero attached hydrogens (tertiary/aromatic N) is 3. The first kappa shape index (κ1) is 18.2. The first-order valence-corrected chi connectivity index (χ1v) is 7.32. The van der Waals surface area contributed by atoms with Gasteiger partial charge in [-0.05, 0) is 20.4 Å². The Morgan fingerprint density at radius 2 is 1.89 bits per heavy atom. The summed E-state index contributed by atoms with van der Waals surface area (Å²) in [7, 11) is 5.94. The van der Waals surface area contributed by atoms with E-state index in [0.29, 0.717) is 0 Å². The number of hydrogen-bond acceptors (Lipinski definition) is 3. The molecule has 0 aromatic rings. The molecule has 0 aliphatic heterocycles. The molecule has 0 aromatic carbocycles. The van der Waals surface area contributed by atoms with Crippen LogP contribution >= 0.6 is 0 Å². The molecule has 0 aliphatic rings. The summed E-state index contributed by atoms with van der Waals surface area (Å²) in [4.78, 5) is 9.11. The van der Waals surface area contributed by atoms with Crippen LogP contribution in [0.1, 0.15) is 26.7 Å². The molecule has 114 valence electrons. The van der Waals surface area contributed by atoms with Crippen LogP contribution in [0.4, 0.5) is 0 Å². The van der Waals surface area contributed by atoms with Gasteiger partial charge in [0.2, 0.25) is 0 Å². The fraction of sp³-hybridized carbons (Fsp3) is 0.929. The Labute approximate surface area is 119 Å². The van der Waals surface area contributed by atoms with Crippen LogP contribution in [-0.4, -0.2) is 76.3 Å². The quantitative estimate of drug-likeness (QED) is 0.480. The second kappa shape index (κ2) is 12.2. The number of methoxy groups -OCH3 is 1. The van der Waals surface area contributed by atoms with Gasteiger partial charge in [-0.3, -0.25) is 4.99 Å². The molecule has 19 heavy (non-hydrogen) atoms. The maximum Gasteiger partial charge on any atom is 0.193 e. The number of unbranched alkanes of at least 4 members (excludes halogenated alkanes) is 1. The summed E-state index contributed by atoms with van der Waals surface area (Å²) in [6, 6.07) is 0. The van der Waals surface area contributed by atoms with Crippen molar-refractivity contribution in [2.45, 2.75) is 26.7 Å². The molecular formula is C14H32N4O. The molecule has 0 spiro atoms. The third-order valence-electron chi connectivity index (χ3n) is 2.96. The highest BCUT2D eigenvalue weighted by atomic mass is 16.5. The van der Waals surface area contributed by atoms with E-state index in [0.717, 1.165) is 45.3 Å². The van der Waals surface area contributed by atoms with Gasteiger partial charge in [-0.1, -0.05) is 13.3 Å². The molecule has 0 fully saturated rings. The van der Waals surface area contributed by atoms with Gasteiger partial charge in [0, 0.05) is 40.3 Å². The van der Waals surface area contributed by atoms with Gasteiger partial charge < -0.3 is 19.9 Å². The third-order valence-corrected chi connectivity index (χ3v) is 2.96. The van der Waals surface area contributed by atoms with Crippen LogP contribution in [0, 0.1) is 0 Å². The lowest BCUT2D eigenvalue weighted by atomic mass is 10.3. The predicted octanol–water partition coefficient (Wildman–Crippen LogP) is 1.26. The Balaban J connectivity index is 4.10. The third kappa shape index (κ3) is 9.73. The monoisotopic (exact) mass is 272 g/mol. The van der Waals surface area contributed by atoms with Crippen LogP contribution < -0.4 is 5.32 Å². The molecule has 0 rings (SSSR count). The van der Waals surface area contributed by atoms with Gasteiger partial charge in [0.1, 0.15) is 0 Å². The van der Waals surface area contributed by atoms with Gasteiger partial charge in [0.25, 0.3) is 0 Å². The molecule has 0 aliphatic carbocycles. The maximum atomic E-state index is 5.06. The summed E-state index contributed by atoms with van der Waals surface area (Å²) in [6.07, 6.45) is 2.41. The van der Waals surface area contributed by atoms with Crippen molar-refractivity contribution in [3.63, 3.8) is 0 Å². The van der Waals surface area contributed by atoms with Crippen LogP contribution in [0.15, 0.2) is 4.99 Å². The van der Waals surface area contributed by atoms with Crippen molar-refractivity contribution in [1.82, 2.24) is 15.1 Å². The van der Waals surface area contributed by atoms with Crippen molar-refractivity contribution < 1.29 is 4.74 Å². The Morgan fingerprint density at radius 3 is 2.47 bits per heavy atom. The van der Waals surface area contributed by atoms with E-state index < -0.39 is 0 Å². The number of likely N-dealkylation sites (N-methyl/N-ethyl adjacent to an activating group) is 1. The van der Waals surface area contributed by atoms with Crippen LogP contribution in [0.3, 0.4) is 0 Å². The Kier molecular flexibility index (Phi) is 11.7. The molecular weight excluding hydrogens is 240 g/mol. The molecule has 0 bridgehead atoms. The van der Waals surface area contributed by atoms with E-state index in [2.05, 4.69) is 48.1 Å². The number of guanidine groups is 1. The van der Waals surface area contributed by atoms with Crippen LogP contribution in [0.25, 0.3) is 0 Å². The minimum absolute atomic E-state index is 0.774. The molecule has 5 nitrogen and oxygen atoms in total. The smallest absolute Gasteiger partial charge is 0.193 e. The van der Waals surface area contributed by atoms with Crippen LogP contribution in [0.2, 0.25) is 0 Å². The highest BCUT2D eigenvalue weighted by Gasteiger charge is 2.04. The Morgan fingerprint density at radius 1 is 1.16 bits per heavy atom. The largest absolute Gasteiger partial charge is 0.383 e. The number of hydrogen-bond donors (Lipinski definition) is 1. The summed E-state index contributed by atoms with van der Waals surface area (Å²) < 4.78 is 5.06. The number of aliphatic imine (C=N–C) groups is 1. The topological polar surface area (TPSA) is 40.1 Å². The van der Waals surface area contributed by atoms with Crippen molar-refractivity contribution in [1.29, 1.82) is 0 Å². The summed E-state index contributed by atoms with van der Waals surface area (Å²) in [6.45, 7) is 9.79. The van der Waals surface area contributed by atoms with Crippen LogP contribution in [-0.2, 0) is 4.74 Å². The zero-order valence-corrected chi connectivity index (χ0v) is 13.4. The Hall–Kier alpha value is -0.810. The highest BCUT2D eigenvalue weighted by molar-refractivity contribution is 5.79. The van der Waals surface area contributed by atoms with Gasteiger partial charge in [0.15, 0.2) is 5.96 Å². The van der Waals surface area contributed by atoms with Crippen molar-refractivity contribution in [3.8, 4) is 0 Å².